The molecule has 0 bridgehead atoms. The predicted octanol–water partition coefficient (Wildman–Crippen LogP) is 0.645. The third kappa shape index (κ3) is 3.52. The minimum atomic E-state index is -1.15. The van der Waals surface area contributed by atoms with E-state index in [4.69, 9.17) is 14.6 Å². The molecule has 0 saturated heterocycles. The Balaban J connectivity index is 2.17. The monoisotopic (exact) mass is 268 g/mol. The standard InChI is InChI=1S/C14H20O5/c1-9-2-3-11-10(4-9)7-18-8-19-14(11)5-12(16)13(17)6-15/h2-4,12-17H,5-8H2,1H3. The number of ether oxygens (including phenoxy) is 2. The molecule has 2 rings (SSSR count). The minimum absolute atomic E-state index is 0.153. The summed E-state index contributed by atoms with van der Waals surface area (Å²) in [6, 6.07) is 5.98. The third-order valence-electron chi connectivity index (χ3n) is 3.34. The number of hydrogen-bond acceptors (Lipinski definition) is 5. The van der Waals surface area contributed by atoms with E-state index >= 15 is 0 Å². The van der Waals surface area contributed by atoms with E-state index in [1.807, 2.05) is 25.1 Å². The van der Waals surface area contributed by atoms with Gasteiger partial charge in [0.2, 0.25) is 0 Å². The van der Waals surface area contributed by atoms with E-state index in [2.05, 4.69) is 0 Å². The van der Waals surface area contributed by atoms with Crippen molar-refractivity contribution in [2.24, 2.45) is 0 Å². The lowest BCUT2D eigenvalue weighted by molar-refractivity contribution is -0.108. The van der Waals surface area contributed by atoms with Crippen LogP contribution < -0.4 is 0 Å². The van der Waals surface area contributed by atoms with Gasteiger partial charge in [-0.05, 0) is 18.1 Å². The van der Waals surface area contributed by atoms with E-state index in [0.29, 0.717) is 6.61 Å². The van der Waals surface area contributed by atoms with Crippen LogP contribution >= 0.6 is 0 Å². The molecule has 1 heterocycles. The van der Waals surface area contributed by atoms with Gasteiger partial charge < -0.3 is 24.8 Å². The highest BCUT2D eigenvalue weighted by Crippen LogP contribution is 2.30. The fourth-order valence-corrected chi connectivity index (χ4v) is 2.24. The van der Waals surface area contributed by atoms with E-state index in [9.17, 15) is 10.2 Å². The summed E-state index contributed by atoms with van der Waals surface area (Å²) in [5.74, 6) is 0. The first-order valence-electron chi connectivity index (χ1n) is 6.37. The van der Waals surface area contributed by atoms with Gasteiger partial charge in [-0.2, -0.15) is 0 Å². The van der Waals surface area contributed by atoms with Gasteiger partial charge in [-0.15, -0.1) is 0 Å². The van der Waals surface area contributed by atoms with E-state index < -0.39 is 18.8 Å². The Labute approximate surface area is 112 Å². The predicted molar refractivity (Wildman–Crippen MR) is 68.4 cm³/mol. The fourth-order valence-electron chi connectivity index (χ4n) is 2.24. The zero-order valence-electron chi connectivity index (χ0n) is 11.0. The van der Waals surface area contributed by atoms with Crippen LogP contribution in [0.5, 0.6) is 0 Å². The minimum Gasteiger partial charge on any atom is -0.394 e. The molecule has 19 heavy (non-hydrogen) atoms. The molecule has 1 aliphatic heterocycles. The van der Waals surface area contributed by atoms with Crippen LogP contribution in [0.15, 0.2) is 18.2 Å². The van der Waals surface area contributed by atoms with Gasteiger partial charge in [0.05, 0.1) is 25.4 Å². The number of aliphatic hydroxyl groups is 3. The van der Waals surface area contributed by atoms with Gasteiger partial charge in [0.25, 0.3) is 0 Å². The van der Waals surface area contributed by atoms with Crippen LogP contribution in [-0.2, 0) is 16.1 Å². The molecule has 0 spiro atoms. The Bertz CT molecular complexity index is 420. The Morgan fingerprint density at radius 2 is 2.11 bits per heavy atom. The van der Waals surface area contributed by atoms with Crippen molar-refractivity contribution in [2.75, 3.05) is 13.4 Å². The van der Waals surface area contributed by atoms with Crippen molar-refractivity contribution in [3.63, 3.8) is 0 Å². The molecule has 0 aliphatic carbocycles. The Hall–Kier alpha value is -0.980. The second-order valence-electron chi connectivity index (χ2n) is 4.88. The molecule has 0 saturated carbocycles. The fraction of sp³-hybridized carbons (Fsp3) is 0.571. The third-order valence-corrected chi connectivity index (χ3v) is 3.34. The van der Waals surface area contributed by atoms with Gasteiger partial charge in [-0.3, -0.25) is 0 Å². The van der Waals surface area contributed by atoms with Crippen molar-refractivity contribution >= 4 is 0 Å². The summed E-state index contributed by atoms with van der Waals surface area (Å²) in [5.41, 5.74) is 3.14. The van der Waals surface area contributed by atoms with E-state index in [-0.39, 0.29) is 19.3 Å². The summed E-state index contributed by atoms with van der Waals surface area (Å²) >= 11 is 0. The molecule has 1 aromatic carbocycles. The number of aryl methyl sites for hydroxylation is 1. The van der Waals surface area contributed by atoms with Gasteiger partial charge in [0.1, 0.15) is 12.9 Å². The maximum Gasteiger partial charge on any atom is 0.148 e. The molecule has 0 fully saturated rings. The summed E-state index contributed by atoms with van der Waals surface area (Å²) in [7, 11) is 0. The maximum absolute atomic E-state index is 9.81. The highest BCUT2D eigenvalue weighted by atomic mass is 16.7. The molecule has 106 valence electrons. The number of aliphatic hydroxyl groups excluding tert-OH is 3. The maximum atomic E-state index is 9.81. The van der Waals surface area contributed by atoms with Gasteiger partial charge in [0.15, 0.2) is 0 Å². The van der Waals surface area contributed by atoms with Crippen LogP contribution in [0.1, 0.15) is 29.2 Å². The zero-order valence-corrected chi connectivity index (χ0v) is 11.0. The van der Waals surface area contributed by atoms with Crippen molar-refractivity contribution in [3.05, 3.63) is 34.9 Å². The Kier molecular flexibility index (Phi) is 4.90. The normalized spacial score (nSPS) is 22.4. The average molecular weight is 268 g/mol. The van der Waals surface area contributed by atoms with Crippen LogP contribution in [0.2, 0.25) is 0 Å². The summed E-state index contributed by atoms with van der Waals surface area (Å²) in [4.78, 5) is 0. The first kappa shape index (κ1) is 14.4. The molecule has 5 nitrogen and oxygen atoms in total. The number of hydrogen-bond donors (Lipinski definition) is 3. The lowest BCUT2D eigenvalue weighted by Gasteiger charge is -2.22. The van der Waals surface area contributed by atoms with Gasteiger partial charge in [-0.25, -0.2) is 0 Å². The van der Waals surface area contributed by atoms with E-state index in [0.717, 1.165) is 16.7 Å². The Morgan fingerprint density at radius 1 is 1.32 bits per heavy atom. The molecule has 5 heteroatoms. The topological polar surface area (TPSA) is 79.2 Å². The van der Waals surface area contributed by atoms with Crippen molar-refractivity contribution in [3.8, 4) is 0 Å². The van der Waals surface area contributed by atoms with Gasteiger partial charge >= 0.3 is 0 Å². The number of benzene rings is 1. The molecule has 0 aromatic heterocycles. The van der Waals surface area contributed by atoms with Gasteiger partial charge in [0, 0.05) is 6.42 Å². The van der Waals surface area contributed by atoms with Crippen molar-refractivity contribution in [1.82, 2.24) is 0 Å². The molecule has 1 aliphatic rings. The molecule has 1 aromatic rings. The second-order valence-corrected chi connectivity index (χ2v) is 4.88. The van der Waals surface area contributed by atoms with Crippen molar-refractivity contribution in [1.29, 1.82) is 0 Å². The highest BCUT2D eigenvalue weighted by Gasteiger charge is 2.25. The van der Waals surface area contributed by atoms with Crippen LogP contribution in [0.25, 0.3) is 0 Å². The molecular weight excluding hydrogens is 248 g/mol. The van der Waals surface area contributed by atoms with Crippen LogP contribution in [0.4, 0.5) is 0 Å². The average Bonchev–Trinajstić information content (AvgIpc) is 2.59. The summed E-state index contributed by atoms with van der Waals surface area (Å²) < 4.78 is 10.9. The molecule has 3 N–H and O–H groups in total. The lowest BCUT2D eigenvalue weighted by atomic mass is 9.95. The second kappa shape index (κ2) is 6.45. The summed E-state index contributed by atoms with van der Waals surface area (Å²) in [6.45, 7) is 2.17. The SMILES string of the molecule is Cc1ccc2c(c1)COCOC2CC(O)C(O)CO. The molecular formula is C14H20O5. The van der Waals surface area contributed by atoms with Gasteiger partial charge in [-0.1, -0.05) is 23.8 Å². The molecule has 0 amide bonds. The first-order valence-corrected chi connectivity index (χ1v) is 6.37. The molecule has 3 atom stereocenters. The van der Waals surface area contributed by atoms with E-state index in [1.165, 1.54) is 0 Å². The van der Waals surface area contributed by atoms with E-state index in [1.54, 1.807) is 0 Å². The van der Waals surface area contributed by atoms with Crippen LogP contribution in [0.3, 0.4) is 0 Å². The number of fused-ring (bicyclic) bond motifs is 1. The largest absolute Gasteiger partial charge is 0.394 e. The summed E-state index contributed by atoms with van der Waals surface area (Å²) in [5, 5.41) is 28.1. The summed E-state index contributed by atoms with van der Waals surface area (Å²) in [6.07, 6.45) is -2.29. The smallest absolute Gasteiger partial charge is 0.148 e. The van der Waals surface area contributed by atoms with Crippen molar-refractivity contribution < 1.29 is 24.8 Å². The first-order chi connectivity index (χ1) is 9.11. The molecule has 0 radical (unpaired) electrons. The quantitative estimate of drug-likeness (QED) is 0.747. The van der Waals surface area contributed by atoms with Crippen LogP contribution in [0, 0.1) is 6.92 Å². The zero-order chi connectivity index (χ0) is 13.8. The van der Waals surface area contributed by atoms with Crippen molar-refractivity contribution in [2.45, 2.75) is 38.3 Å². The molecule has 3 unspecified atom stereocenters. The number of rotatable bonds is 4. The van der Waals surface area contributed by atoms with Crippen LogP contribution in [-0.4, -0.2) is 40.9 Å². The lowest BCUT2D eigenvalue weighted by Crippen LogP contribution is -2.31. The Morgan fingerprint density at radius 3 is 2.84 bits per heavy atom. The highest BCUT2D eigenvalue weighted by molar-refractivity contribution is 5.33.